The predicted molar refractivity (Wildman–Crippen MR) is 88.1 cm³/mol. The smallest absolute Gasteiger partial charge is 0.271 e. The van der Waals surface area contributed by atoms with Gasteiger partial charge in [-0.05, 0) is 25.3 Å². The van der Waals surface area contributed by atoms with Crippen molar-refractivity contribution >= 4 is 23.2 Å². The van der Waals surface area contributed by atoms with Crippen LogP contribution in [0, 0.1) is 0 Å². The lowest BCUT2D eigenvalue weighted by molar-refractivity contribution is 0.0750. The van der Waals surface area contributed by atoms with Crippen LogP contribution in [-0.2, 0) is 6.54 Å². The summed E-state index contributed by atoms with van der Waals surface area (Å²) >= 11 is 5.73. The Labute approximate surface area is 136 Å². The molecule has 6 heteroatoms. The van der Waals surface area contributed by atoms with Gasteiger partial charge in [0.05, 0.1) is 5.71 Å². The minimum atomic E-state index is 0.0398. The van der Waals surface area contributed by atoms with E-state index in [0.717, 1.165) is 44.3 Å². The number of amides is 1. The topological polar surface area (TPSA) is 57.8 Å². The largest absolute Gasteiger partial charge is 0.411 e. The summed E-state index contributed by atoms with van der Waals surface area (Å²) in [6, 6.07) is 1.88. The lowest BCUT2D eigenvalue weighted by atomic mass is 10.1. The molecule has 0 saturated carbocycles. The second-order valence-corrected chi connectivity index (χ2v) is 5.99. The summed E-state index contributed by atoms with van der Waals surface area (Å²) in [6.45, 7) is 4.23. The zero-order chi connectivity index (χ0) is 15.9. The molecular formula is C16H24ClN3O2. The van der Waals surface area contributed by atoms with Crippen molar-refractivity contribution in [2.75, 3.05) is 19.0 Å². The maximum absolute atomic E-state index is 12.9. The van der Waals surface area contributed by atoms with E-state index in [1.807, 2.05) is 21.7 Å². The number of carbonyl (C=O) groups excluding carboxylic acids is 1. The molecule has 5 nitrogen and oxygen atoms in total. The molecule has 1 aromatic heterocycles. The van der Waals surface area contributed by atoms with E-state index in [-0.39, 0.29) is 5.91 Å². The molecule has 1 amide bonds. The molecule has 22 heavy (non-hydrogen) atoms. The monoisotopic (exact) mass is 325 g/mol. The zero-order valence-electron chi connectivity index (χ0n) is 13.1. The Morgan fingerprint density at radius 1 is 1.32 bits per heavy atom. The van der Waals surface area contributed by atoms with Crippen molar-refractivity contribution in [2.45, 2.75) is 45.6 Å². The Bertz CT molecular complexity index is 539. The summed E-state index contributed by atoms with van der Waals surface area (Å²) < 4.78 is 1.97. The van der Waals surface area contributed by atoms with Gasteiger partial charge in [-0.2, -0.15) is 0 Å². The number of unbranched alkanes of at least 4 members (excludes halogenated alkanes) is 2. The standard InChI is InChI=1S/C16H24ClN3O2/c1-2-3-9-20-12-7-14(18-22)13-6-11-19(10-5-4-8-17)15(13)16(20)21/h6,11,22H,2-5,7-10,12H2,1H3. The van der Waals surface area contributed by atoms with Crippen LogP contribution in [0.25, 0.3) is 0 Å². The first-order valence-corrected chi connectivity index (χ1v) is 8.52. The highest BCUT2D eigenvalue weighted by atomic mass is 35.5. The van der Waals surface area contributed by atoms with Crippen molar-refractivity contribution in [1.29, 1.82) is 0 Å². The number of nitrogens with zero attached hydrogens (tertiary/aromatic N) is 3. The molecule has 1 aliphatic heterocycles. The maximum atomic E-state index is 12.9. The first kappa shape index (κ1) is 16.9. The number of oxime groups is 1. The number of aromatic nitrogens is 1. The van der Waals surface area contributed by atoms with E-state index in [1.54, 1.807) is 0 Å². The maximum Gasteiger partial charge on any atom is 0.271 e. The molecule has 0 spiro atoms. The highest BCUT2D eigenvalue weighted by molar-refractivity contribution is 6.17. The van der Waals surface area contributed by atoms with E-state index < -0.39 is 0 Å². The van der Waals surface area contributed by atoms with Crippen molar-refractivity contribution in [3.63, 3.8) is 0 Å². The number of alkyl halides is 1. The molecule has 1 N–H and O–H groups in total. The number of hydrogen-bond donors (Lipinski definition) is 1. The first-order chi connectivity index (χ1) is 10.7. The van der Waals surface area contributed by atoms with Crippen molar-refractivity contribution < 1.29 is 10.0 Å². The molecule has 0 fully saturated rings. The third-order valence-electron chi connectivity index (χ3n) is 4.07. The third kappa shape index (κ3) is 3.64. The number of fused-ring (bicyclic) bond motifs is 1. The summed E-state index contributed by atoms with van der Waals surface area (Å²) in [6.07, 6.45) is 6.38. The van der Waals surface area contributed by atoms with Gasteiger partial charge < -0.3 is 14.7 Å². The Morgan fingerprint density at radius 2 is 2.14 bits per heavy atom. The first-order valence-electron chi connectivity index (χ1n) is 7.98. The summed E-state index contributed by atoms with van der Waals surface area (Å²) in [5.74, 6) is 0.668. The fourth-order valence-corrected chi connectivity index (χ4v) is 2.99. The highest BCUT2D eigenvalue weighted by Crippen LogP contribution is 2.22. The highest BCUT2D eigenvalue weighted by Gasteiger charge is 2.28. The molecular weight excluding hydrogens is 302 g/mol. The van der Waals surface area contributed by atoms with Gasteiger partial charge in [0.2, 0.25) is 0 Å². The van der Waals surface area contributed by atoms with Crippen LogP contribution in [-0.4, -0.2) is 45.3 Å². The van der Waals surface area contributed by atoms with Crippen LogP contribution < -0.4 is 0 Å². The summed E-state index contributed by atoms with van der Waals surface area (Å²) in [5, 5.41) is 12.7. The lowest BCUT2D eigenvalue weighted by Gasteiger charge is -2.21. The quantitative estimate of drug-likeness (QED) is 0.362. The molecule has 0 aromatic carbocycles. The van der Waals surface area contributed by atoms with Gasteiger partial charge in [-0.15, -0.1) is 11.6 Å². The van der Waals surface area contributed by atoms with Gasteiger partial charge in [0.25, 0.3) is 5.91 Å². The minimum absolute atomic E-state index is 0.0398. The summed E-state index contributed by atoms with van der Waals surface area (Å²) in [4.78, 5) is 14.7. The molecule has 2 rings (SSSR count). The fraction of sp³-hybridized carbons (Fsp3) is 0.625. The van der Waals surface area contributed by atoms with Crippen LogP contribution in [0.2, 0.25) is 0 Å². The van der Waals surface area contributed by atoms with E-state index in [2.05, 4.69) is 12.1 Å². The molecule has 1 aromatic rings. The molecule has 0 atom stereocenters. The molecule has 0 unspecified atom stereocenters. The number of hydrogen-bond acceptors (Lipinski definition) is 3. The van der Waals surface area contributed by atoms with Crippen molar-refractivity contribution in [2.24, 2.45) is 5.16 Å². The normalized spacial score (nSPS) is 16.9. The van der Waals surface area contributed by atoms with E-state index in [1.165, 1.54) is 0 Å². The van der Waals surface area contributed by atoms with E-state index in [9.17, 15) is 10.0 Å². The van der Waals surface area contributed by atoms with E-state index in [0.29, 0.717) is 30.3 Å². The van der Waals surface area contributed by atoms with Crippen LogP contribution in [0.1, 0.15) is 55.1 Å². The van der Waals surface area contributed by atoms with E-state index in [4.69, 9.17) is 11.6 Å². The zero-order valence-corrected chi connectivity index (χ0v) is 13.8. The second kappa shape index (κ2) is 8.22. The number of aryl methyl sites for hydroxylation is 1. The molecule has 0 aliphatic carbocycles. The van der Waals surface area contributed by atoms with Gasteiger partial charge in [0.1, 0.15) is 5.69 Å². The minimum Gasteiger partial charge on any atom is -0.411 e. The van der Waals surface area contributed by atoms with Crippen molar-refractivity contribution in [1.82, 2.24) is 9.47 Å². The summed E-state index contributed by atoms with van der Waals surface area (Å²) in [5.41, 5.74) is 2.01. The van der Waals surface area contributed by atoms with Gasteiger partial charge in [-0.3, -0.25) is 4.79 Å². The number of carbonyl (C=O) groups is 1. The van der Waals surface area contributed by atoms with Crippen LogP contribution >= 0.6 is 11.6 Å². The van der Waals surface area contributed by atoms with Crippen molar-refractivity contribution in [3.05, 3.63) is 23.5 Å². The van der Waals surface area contributed by atoms with Crippen LogP contribution in [0.3, 0.4) is 0 Å². The van der Waals surface area contributed by atoms with Crippen molar-refractivity contribution in [3.8, 4) is 0 Å². The second-order valence-electron chi connectivity index (χ2n) is 5.61. The lowest BCUT2D eigenvalue weighted by Crippen LogP contribution is -2.33. The van der Waals surface area contributed by atoms with Gasteiger partial charge in [0, 0.05) is 43.7 Å². The molecule has 0 saturated heterocycles. The molecule has 0 bridgehead atoms. The van der Waals surface area contributed by atoms with Gasteiger partial charge in [-0.25, -0.2) is 0 Å². The van der Waals surface area contributed by atoms with Crippen LogP contribution in [0.4, 0.5) is 0 Å². The van der Waals surface area contributed by atoms with Gasteiger partial charge >= 0.3 is 0 Å². The molecule has 1 aliphatic rings. The predicted octanol–water partition coefficient (Wildman–Crippen LogP) is 3.33. The number of halogens is 1. The Kier molecular flexibility index (Phi) is 6.31. The molecule has 0 radical (unpaired) electrons. The summed E-state index contributed by atoms with van der Waals surface area (Å²) in [7, 11) is 0. The van der Waals surface area contributed by atoms with E-state index >= 15 is 0 Å². The molecule has 2 heterocycles. The average molecular weight is 326 g/mol. The Hall–Kier alpha value is -1.49. The van der Waals surface area contributed by atoms with Gasteiger partial charge in [0.15, 0.2) is 0 Å². The molecule has 122 valence electrons. The van der Waals surface area contributed by atoms with Crippen LogP contribution in [0.15, 0.2) is 17.4 Å². The van der Waals surface area contributed by atoms with Crippen LogP contribution in [0.5, 0.6) is 0 Å². The number of rotatable bonds is 7. The third-order valence-corrected chi connectivity index (χ3v) is 4.33. The Morgan fingerprint density at radius 3 is 2.82 bits per heavy atom. The Balaban J connectivity index is 2.29. The fourth-order valence-electron chi connectivity index (χ4n) is 2.80. The van der Waals surface area contributed by atoms with Gasteiger partial charge in [-0.1, -0.05) is 18.5 Å². The SMILES string of the molecule is CCCCN1CCC(=NO)c2ccn(CCCCCl)c2C1=O. The average Bonchev–Trinajstić information content (AvgIpc) is 2.88.